The number of pyridine rings is 1. The van der Waals surface area contributed by atoms with Gasteiger partial charge in [-0.1, -0.05) is 23.7 Å². The lowest BCUT2D eigenvalue weighted by atomic mass is 10.1. The fourth-order valence-electron chi connectivity index (χ4n) is 2.16. The summed E-state index contributed by atoms with van der Waals surface area (Å²) in [6.07, 6.45) is 1.67. The standard InChI is InChI=1S/C16H11ClN2O2/c17-12-7-8-14(15-10(12)5-3-9-18-15)19-13-6-2-1-4-11(13)16(20)21/h1-9,19H,(H,20,21). The van der Waals surface area contributed by atoms with Crippen LogP contribution in [0, 0.1) is 0 Å². The maximum Gasteiger partial charge on any atom is 0.337 e. The van der Waals surface area contributed by atoms with Crippen LogP contribution in [0.1, 0.15) is 10.4 Å². The molecule has 21 heavy (non-hydrogen) atoms. The summed E-state index contributed by atoms with van der Waals surface area (Å²) >= 11 is 6.15. The molecule has 4 nitrogen and oxygen atoms in total. The third kappa shape index (κ3) is 2.53. The van der Waals surface area contributed by atoms with Crippen LogP contribution in [-0.2, 0) is 0 Å². The molecule has 0 amide bonds. The van der Waals surface area contributed by atoms with E-state index in [4.69, 9.17) is 11.6 Å². The van der Waals surface area contributed by atoms with E-state index in [0.717, 1.165) is 5.39 Å². The fraction of sp³-hybridized carbons (Fsp3) is 0. The molecule has 0 atom stereocenters. The number of aromatic nitrogens is 1. The Bertz CT molecular complexity index is 833. The molecule has 0 fully saturated rings. The van der Waals surface area contributed by atoms with Crippen LogP contribution >= 0.6 is 11.6 Å². The lowest BCUT2D eigenvalue weighted by Crippen LogP contribution is -2.02. The van der Waals surface area contributed by atoms with Gasteiger partial charge in [-0.05, 0) is 36.4 Å². The van der Waals surface area contributed by atoms with Gasteiger partial charge in [0, 0.05) is 11.6 Å². The summed E-state index contributed by atoms with van der Waals surface area (Å²) in [5.41, 5.74) is 2.13. The van der Waals surface area contributed by atoms with Crippen molar-refractivity contribution in [1.29, 1.82) is 0 Å². The minimum absolute atomic E-state index is 0.205. The highest BCUT2D eigenvalue weighted by atomic mass is 35.5. The summed E-state index contributed by atoms with van der Waals surface area (Å²) in [5, 5.41) is 13.8. The monoisotopic (exact) mass is 298 g/mol. The highest BCUT2D eigenvalue weighted by Gasteiger charge is 2.11. The van der Waals surface area contributed by atoms with Gasteiger partial charge in [0.25, 0.3) is 0 Å². The average Bonchev–Trinajstić information content (AvgIpc) is 2.51. The quantitative estimate of drug-likeness (QED) is 0.755. The minimum Gasteiger partial charge on any atom is -0.478 e. The average molecular weight is 299 g/mol. The molecule has 0 aliphatic heterocycles. The van der Waals surface area contributed by atoms with E-state index < -0.39 is 5.97 Å². The van der Waals surface area contributed by atoms with Crippen molar-refractivity contribution >= 4 is 39.8 Å². The van der Waals surface area contributed by atoms with Gasteiger partial charge < -0.3 is 10.4 Å². The van der Waals surface area contributed by atoms with Gasteiger partial charge in [-0.25, -0.2) is 4.79 Å². The molecule has 0 bridgehead atoms. The van der Waals surface area contributed by atoms with E-state index in [1.807, 2.05) is 12.1 Å². The first-order chi connectivity index (χ1) is 10.2. The van der Waals surface area contributed by atoms with E-state index in [1.165, 1.54) is 0 Å². The zero-order chi connectivity index (χ0) is 14.8. The van der Waals surface area contributed by atoms with Gasteiger partial charge >= 0.3 is 5.97 Å². The highest BCUT2D eigenvalue weighted by molar-refractivity contribution is 6.35. The fourth-order valence-corrected chi connectivity index (χ4v) is 2.38. The molecular formula is C16H11ClN2O2. The Morgan fingerprint density at radius 3 is 2.67 bits per heavy atom. The number of nitrogens with one attached hydrogen (secondary N) is 1. The van der Waals surface area contributed by atoms with Crippen LogP contribution in [0.5, 0.6) is 0 Å². The Hall–Kier alpha value is -2.59. The summed E-state index contributed by atoms with van der Waals surface area (Å²) in [4.78, 5) is 15.6. The van der Waals surface area contributed by atoms with E-state index in [-0.39, 0.29) is 5.56 Å². The van der Waals surface area contributed by atoms with Crippen molar-refractivity contribution in [3.05, 3.63) is 65.3 Å². The van der Waals surface area contributed by atoms with E-state index in [0.29, 0.717) is 21.9 Å². The van der Waals surface area contributed by atoms with Crippen LogP contribution in [0.2, 0.25) is 5.02 Å². The number of aromatic carboxylic acids is 1. The van der Waals surface area contributed by atoms with E-state index in [2.05, 4.69) is 10.3 Å². The van der Waals surface area contributed by atoms with Crippen LogP contribution in [0.15, 0.2) is 54.7 Å². The summed E-state index contributed by atoms with van der Waals surface area (Å²) in [5.74, 6) is -0.982. The van der Waals surface area contributed by atoms with Gasteiger partial charge in [-0.3, -0.25) is 4.98 Å². The largest absolute Gasteiger partial charge is 0.478 e. The third-order valence-electron chi connectivity index (χ3n) is 3.14. The number of carbonyl (C=O) groups is 1. The highest BCUT2D eigenvalue weighted by Crippen LogP contribution is 2.30. The first kappa shape index (κ1) is 13.4. The van der Waals surface area contributed by atoms with Crippen LogP contribution in [0.25, 0.3) is 10.9 Å². The predicted octanol–water partition coefficient (Wildman–Crippen LogP) is 4.33. The number of para-hydroxylation sites is 1. The number of benzene rings is 2. The molecular weight excluding hydrogens is 288 g/mol. The van der Waals surface area contributed by atoms with Gasteiger partial charge in [0.05, 0.1) is 27.5 Å². The van der Waals surface area contributed by atoms with Gasteiger partial charge in [0.15, 0.2) is 0 Å². The second kappa shape index (κ2) is 5.42. The van der Waals surface area contributed by atoms with Gasteiger partial charge in [-0.2, -0.15) is 0 Å². The lowest BCUT2D eigenvalue weighted by molar-refractivity contribution is 0.0698. The molecule has 0 radical (unpaired) electrons. The smallest absolute Gasteiger partial charge is 0.337 e. The Morgan fingerprint density at radius 2 is 1.86 bits per heavy atom. The summed E-state index contributed by atoms with van der Waals surface area (Å²) in [6.45, 7) is 0. The summed E-state index contributed by atoms with van der Waals surface area (Å²) < 4.78 is 0. The van der Waals surface area contributed by atoms with Crippen molar-refractivity contribution < 1.29 is 9.90 Å². The number of nitrogens with zero attached hydrogens (tertiary/aromatic N) is 1. The SMILES string of the molecule is O=C(O)c1ccccc1Nc1ccc(Cl)c2cccnc12. The number of halogens is 1. The van der Waals surface area contributed by atoms with Gasteiger partial charge in [-0.15, -0.1) is 0 Å². The molecule has 0 saturated carbocycles. The molecule has 2 aromatic carbocycles. The second-order valence-corrected chi connectivity index (χ2v) is 4.88. The number of carboxylic acids is 1. The number of hydrogen-bond acceptors (Lipinski definition) is 3. The van der Waals surface area contributed by atoms with E-state index in [9.17, 15) is 9.90 Å². The van der Waals surface area contributed by atoms with Crippen molar-refractivity contribution in [2.75, 3.05) is 5.32 Å². The molecule has 3 aromatic rings. The third-order valence-corrected chi connectivity index (χ3v) is 3.47. The van der Waals surface area contributed by atoms with Crippen molar-refractivity contribution in [3.8, 4) is 0 Å². The molecule has 0 spiro atoms. The molecule has 0 unspecified atom stereocenters. The number of rotatable bonds is 3. The van der Waals surface area contributed by atoms with Crippen LogP contribution in [-0.4, -0.2) is 16.1 Å². The number of carboxylic acid groups (broad SMARTS) is 1. The Kier molecular flexibility index (Phi) is 3.46. The first-order valence-electron chi connectivity index (χ1n) is 6.29. The molecule has 2 N–H and O–H groups in total. The number of hydrogen-bond donors (Lipinski definition) is 2. The molecule has 1 aromatic heterocycles. The predicted molar refractivity (Wildman–Crippen MR) is 83.4 cm³/mol. The maximum atomic E-state index is 11.3. The Morgan fingerprint density at radius 1 is 1.05 bits per heavy atom. The number of fused-ring (bicyclic) bond motifs is 1. The maximum absolute atomic E-state index is 11.3. The van der Waals surface area contributed by atoms with E-state index >= 15 is 0 Å². The number of anilines is 2. The first-order valence-corrected chi connectivity index (χ1v) is 6.67. The van der Waals surface area contributed by atoms with Crippen LogP contribution in [0.4, 0.5) is 11.4 Å². The molecule has 0 aliphatic rings. The van der Waals surface area contributed by atoms with Crippen molar-refractivity contribution in [3.63, 3.8) is 0 Å². The van der Waals surface area contributed by atoms with Gasteiger partial charge in [0.2, 0.25) is 0 Å². The van der Waals surface area contributed by atoms with Crippen molar-refractivity contribution in [2.45, 2.75) is 0 Å². The Balaban J connectivity index is 2.11. The Labute approximate surface area is 126 Å². The lowest BCUT2D eigenvalue weighted by Gasteiger charge is -2.12. The zero-order valence-electron chi connectivity index (χ0n) is 10.9. The van der Waals surface area contributed by atoms with Crippen LogP contribution < -0.4 is 5.32 Å². The summed E-state index contributed by atoms with van der Waals surface area (Å²) in [6, 6.07) is 14.0. The zero-order valence-corrected chi connectivity index (χ0v) is 11.6. The topological polar surface area (TPSA) is 62.2 Å². The van der Waals surface area contributed by atoms with Crippen LogP contribution in [0.3, 0.4) is 0 Å². The molecule has 0 aliphatic carbocycles. The molecule has 0 saturated heterocycles. The molecule has 1 heterocycles. The normalized spacial score (nSPS) is 10.5. The molecule has 5 heteroatoms. The van der Waals surface area contributed by atoms with Crippen molar-refractivity contribution in [2.24, 2.45) is 0 Å². The molecule has 3 rings (SSSR count). The van der Waals surface area contributed by atoms with Gasteiger partial charge in [0.1, 0.15) is 0 Å². The summed E-state index contributed by atoms with van der Waals surface area (Å²) in [7, 11) is 0. The minimum atomic E-state index is -0.982. The molecule has 104 valence electrons. The second-order valence-electron chi connectivity index (χ2n) is 4.47. The van der Waals surface area contributed by atoms with Crippen molar-refractivity contribution in [1.82, 2.24) is 4.98 Å². The van der Waals surface area contributed by atoms with E-state index in [1.54, 1.807) is 42.6 Å².